The van der Waals surface area contributed by atoms with E-state index in [0.29, 0.717) is 12.1 Å². The van der Waals surface area contributed by atoms with E-state index < -0.39 is 0 Å². The van der Waals surface area contributed by atoms with E-state index in [1.807, 2.05) is 18.5 Å². The Morgan fingerprint density at radius 2 is 2.25 bits per heavy atom. The first kappa shape index (κ1) is 10.5. The lowest BCUT2D eigenvalue weighted by Gasteiger charge is -2.08. The van der Waals surface area contributed by atoms with Gasteiger partial charge in [0.2, 0.25) is 0 Å². The predicted molar refractivity (Wildman–Crippen MR) is 57.1 cm³/mol. The maximum absolute atomic E-state index is 10.5. The first-order valence-electron chi connectivity index (χ1n) is 5.06. The van der Waals surface area contributed by atoms with Gasteiger partial charge in [0.05, 0.1) is 11.8 Å². The molecule has 84 valence electrons. The Morgan fingerprint density at radius 3 is 2.88 bits per heavy atom. The van der Waals surface area contributed by atoms with Crippen molar-refractivity contribution in [3.8, 4) is 0 Å². The highest BCUT2D eigenvalue weighted by molar-refractivity contribution is 5.73. The van der Waals surface area contributed by atoms with E-state index >= 15 is 0 Å². The third-order valence-corrected chi connectivity index (χ3v) is 2.23. The average Bonchev–Trinajstić information content (AvgIpc) is 2.87. The highest BCUT2D eigenvalue weighted by atomic mass is 16.1. The fraction of sp³-hybridized carbons (Fsp3) is 0.400. The largest absolute Gasteiger partial charge is 0.298 e. The summed E-state index contributed by atoms with van der Waals surface area (Å²) in [5.41, 5.74) is 0.565. The number of hydrogen-bond acceptors (Lipinski definition) is 4. The van der Waals surface area contributed by atoms with Crippen LogP contribution in [0.5, 0.6) is 0 Å². The van der Waals surface area contributed by atoms with Crippen molar-refractivity contribution < 1.29 is 4.79 Å². The van der Waals surface area contributed by atoms with Gasteiger partial charge in [-0.3, -0.25) is 9.48 Å². The quantitative estimate of drug-likeness (QED) is 0.717. The molecule has 2 rings (SSSR count). The molecule has 0 spiro atoms. The Bertz CT molecular complexity index is 485. The number of rotatable bonds is 4. The fourth-order valence-electron chi connectivity index (χ4n) is 1.49. The molecule has 0 amide bonds. The van der Waals surface area contributed by atoms with Crippen molar-refractivity contribution in [1.29, 1.82) is 0 Å². The van der Waals surface area contributed by atoms with Gasteiger partial charge in [0.25, 0.3) is 0 Å². The standard InChI is InChI=1S/C10H13N5O/c1-8(2)15-10(11-7-13-15)5-14-4-9(6-16)3-12-14/h3-4,6-8H,5H2,1-2H3. The van der Waals surface area contributed by atoms with E-state index in [4.69, 9.17) is 0 Å². The Balaban J connectivity index is 2.20. The molecule has 0 radical (unpaired) electrons. The number of carbonyl (C=O) groups excluding carboxylic acids is 1. The third-order valence-electron chi connectivity index (χ3n) is 2.23. The van der Waals surface area contributed by atoms with Crippen molar-refractivity contribution in [1.82, 2.24) is 24.5 Å². The SMILES string of the molecule is CC(C)n1ncnc1Cn1cc(C=O)cn1. The lowest BCUT2D eigenvalue weighted by atomic mass is 10.4. The van der Waals surface area contributed by atoms with E-state index in [1.54, 1.807) is 10.9 Å². The highest BCUT2D eigenvalue weighted by Crippen LogP contribution is 2.06. The van der Waals surface area contributed by atoms with Gasteiger partial charge in [-0.2, -0.15) is 10.2 Å². The van der Waals surface area contributed by atoms with Crippen molar-refractivity contribution in [3.63, 3.8) is 0 Å². The summed E-state index contributed by atoms with van der Waals surface area (Å²) in [6.07, 6.45) is 5.52. The molecular formula is C10H13N5O. The molecule has 0 bridgehead atoms. The average molecular weight is 219 g/mol. The number of aldehydes is 1. The van der Waals surface area contributed by atoms with Crippen LogP contribution in [0.2, 0.25) is 0 Å². The first-order valence-corrected chi connectivity index (χ1v) is 5.06. The van der Waals surface area contributed by atoms with Gasteiger partial charge in [0.1, 0.15) is 18.7 Å². The predicted octanol–water partition coefficient (Wildman–Crippen LogP) is 0.916. The molecule has 0 unspecified atom stereocenters. The van der Waals surface area contributed by atoms with E-state index in [-0.39, 0.29) is 6.04 Å². The summed E-state index contributed by atoms with van der Waals surface area (Å²) < 4.78 is 3.51. The van der Waals surface area contributed by atoms with Gasteiger partial charge in [-0.15, -0.1) is 0 Å². The second-order valence-corrected chi connectivity index (χ2v) is 3.80. The van der Waals surface area contributed by atoms with E-state index in [9.17, 15) is 4.79 Å². The smallest absolute Gasteiger partial charge is 0.153 e. The van der Waals surface area contributed by atoms with Crippen molar-refractivity contribution in [2.45, 2.75) is 26.4 Å². The Labute approximate surface area is 92.9 Å². The molecule has 0 fully saturated rings. The summed E-state index contributed by atoms with van der Waals surface area (Å²) >= 11 is 0. The molecule has 0 saturated carbocycles. The number of carbonyl (C=O) groups is 1. The van der Waals surface area contributed by atoms with Gasteiger partial charge in [-0.05, 0) is 13.8 Å². The zero-order chi connectivity index (χ0) is 11.5. The van der Waals surface area contributed by atoms with Gasteiger partial charge >= 0.3 is 0 Å². The second-order valence-electron chi connectivity index (χ2n) is 3.80. The zero-order valence-corrected chi connectivity index (χ0v) is 9.24. The molecule has 16 heavy (non-hydrogen) atoms. The topological polar surface area (TPSA) is 65.6 Å². The number of aromatic nitrogens is 5. The number of nitrogens with zero attached hydrogens (tertiary/aromatic N) is 5. The molecule has 6 nitrogen and oxygen atoms in total. The lowest BCUT2D eigenvalue weighted by Crippen LogP contribution is -2.12. The molecule has 0 aromatic carbocycles. The monoisotopic (exact) mass is 219 g/mol. The van der Waals surface area contributed by atoms with Crippen molar-refractivity contribution in [3.05, 3.63) is 30.1 Å². The van der Waals surface area contributed by atoms with Crippen LogP contribution >= 0.6 is 0 Å². The van der Waals surface area contributed by atoms with Crippen molar-refractivity contribution in [2.75, 3.05) is 0 Å². The van der Waals surface area contributed by atoms with E-state index in [2.05, 4.69) is 15.2 Å². The molecule has 0 atom stereocenters. The fourth-order valence-corrected chi connectivity index (χ4v) is 1.49. The molecule has 6 heteroatoms. The first-order chi connectivity index (χ1) is 7.70. The minimum Gasteiger partial charge on any atom is -0.298 e. The van der Waals surface area contributed by atoms with Crippen LogP contribution in [0.3, 0.4) is 0 Å². The summed E-state index contributed by atoms with van der Waals surface area (Å²) in [5.74, 6) is 0.829. The Morgan fingerprint density at radius 1 is 1.44 bits per heavy atom. The molecule has 2 heterocycles. The summed E-state index contributed by atoms with van der Waals surface area (Å²) in [5, 5.41) is 8.20. The van der Waals surface area contributed by atoms with Gasteiger partial charge < -0.3 is 0 Å². The van der Waals surface area contributed by atoms with Gasteiger partial charge in [0.15, 0.2) is 6.29 Å². The van der Waals surface area contributed by atoms with Gasteiger partial charge in [-0.1, -0.05) is 0 Å². The van der Waals surface area contributed by atoms with Crippen LogP contribution in [0.4, 0.5) is 0 Å². The minimum atomic E-state index is 0.263. The highest BCUT2D eigenvalue weighted by Gasteiger charge is 2.08. The molecule has 0 aliphatic carbocycles. The van der Waals surface area contributed by atoms with Gasteiger partial charge in [0, 0.05) is 12.2 Å². The van der Waals surface area contributed by atoms with Crippen LogP contribution in [0, 0.1) is 0 Å². The van der Waals surface area contributed by atoms with E-state index in [0.717, 1.165) is 12.1 Å². The van der Waals surface area contributed by atoms with Crippen LogP contribution < -0.4 is 0 Å². The van der Waals surface area contributed by atoms with Crippen LogP contribution in [0.15, 0.2) is 18.7 Å². The maximum atomic E-state index is 10.5. The Hall–Kier alpha value is -1.98. The normalized spacial score (nSPS) is 10.9. The molecule has 0 N–H and O–H groups in total. The third kappa shape index (κ3) is 2.00. The van der Waals surface area contributed by atoms with Gasteiger partial charge in [-0.25, -0.2) is 9.67 Å². The van der Waals surface area contributed by atoms with Crippen molar-refractivity contribution in [2.24, 2.45) is 0 Å². The van der Waals surface area contributed by atoms with Crippen LogP contribution in [-0.2, 0) is 6.54 Å². The summed E-state index contributed by atoms with van der Waals surface area (Å²) in [6, 6.07) is 0.263. The van der Waals surface area contributed by atoms with Crippen molar-refractivity contribution >= 4 is 6.29 Å². The molecule has 0 aliphatic rings. The molecule has 2 aromatic heterocycles. The molecule has 2 aromatic rings. The lowest BCUT2D eigenvalue weighted by molar-refractivity contribution is 0.112. The summed E-state index contributed by atoms with van der Waals surface area (Å²) in [6.45, 7) is 4.60. The molecular weight excluding hydrogens is 206 g/mol. The Kier molecular flexibility index (Phi) is 2.80. The van der Waals surface area contributed by atoms with Crippen LogP contribution in [-0.4, -0.2) is 30.8 Å². The summed E-state index contributed by atoms with van der Waals surface area (Å²) in [7, 11) is 0. The zero-order valence-electron chi connectivity index (χ0n) is 9.24. The van der Waals surface area contributed by atoms with Crippen LogP contribution in [0.1, 0.15) is 36.1 Å². The molecule has 0 aliphatic heterocycles. The second kappa shape index (κ2) is 4.26. The number of hydrogen-bond donors (Lipinski definition) is 0. The van der Waals surface area contributed by atoms with E-state index in [1.165, 1.54) is 12.5 Å². The molecule has 0 saturated heterocycles. The van der Waals surface area contributed by atoms with Crippen LogP contribution in [0.25, 0.3) is 0 Å². The minimum absolute atomic E-state index is 0.263. The maximum Gasteiger partial charge on any atom is 0.153 e. The summed E-state index contributed by atoms with van der Waals surface area (Å²) in [4.78, 5) is 14.7.